The summed E-state index contributed by atoms with van der Waals surface area (Å²) in [6, 6.07) is 17.8. The van der Waals surface area contributed by atoms with Crippen LogP contribution in [0.25, 0.3) is 0 Å². The Hall–Kier alpha value is -4.35. The molecule has 0 bridgehead atoms. The molecule has 4 rings (SSSR count). The van der Waals surface area contributed by atoms with Gasteiger partial charge in [0.25, 0.3) is 0 Å². The van der Waals surface area contributed by atoms with Crippen LogP contribution in [0.15, 0.2) is 66.1 Å². The number of hydrogen-bond acceptors (Lipinski definition) is 8. The third kappa shape index (κ3) is 6.61. The molecule has 0 saturated carbocycles. The van der Waals surface area contributed by atoms with E-state index in [9.17, 15) is 10.1 Å². The van der Waals surface area contributed by atoms with E-state index in [4.69, 9.17) is 41.0 Å². The zero-order valence-electron chi connectivity index (χ0n) is 22.8. The lowest BCUT2D eigenvalue weighted by Gasteiger charge is -2.27. The average molecular weight is 563 g/mol. The maximum Gasteiger partial charge on any atom is 0.349 e. The first-order chi connectivity index (χ1) is 19.2. The zero-order valence-corrected chi connectivity index (χ0v) is 23.6. The second kappa shape index (κ2) is 12.7. The zero-order chi connectivity index (χ0) is 28.8. The highest BCUT2D eigenvalue weighted by Gasteiger charge is 2.32. The number of halogens is 1. The molecule has 40 heavy (non-hydrogen) atoms. The summed E-state index contributed by atoms with van der Waals surface area (Å²) in [4.78, 5) is 12.5. The van der Waals surface area contributed by atoms with Gasteiger partial charge in [0.2, 0.25) is 5.88 Å². The monoisotopic (exact) mass is 562 g/mol. The van der Waals surface area contributed by atoms with Gasteiger partial charge in [-0.2, -0.15) is 5.26 Å². The van der Waals surface area contributed by atoms with Crippen molar-refractivity contribution in [2.24, 2.45) is 11.7 Å². The molecular weight excluding hydrogens is 532 g/mol. The van der Waals surface area contributed by atoms with Crippen LogP contribution >= 0.6 is 11.6 Å². The number of allylic oxidation sites excluding steroid dienone is 1. The molecule has 2 N–H and O–H groups in total. The number of ether oxygens (including phenoxy) is 5. The van der Waals surface area contributed by atoms with Crippen molar-refractivity contribution in [3.63, 3.8) is 0 Å². The number of hydrogen-bond donors (Lipinski definition) is 1. The van der Waals surface area contributed by atoms with E-state index in [1.807, 2.05) is 25.1 Å². The van der Waals surface area contributed by atoms with Crippen molar-refractivity contribution in [1.29, 1.82) is 5.26 Å². The highest BCUT2D eigenvalue weighted by atomic mass is 35.5. The van der Waals surface area contributed by atoms with E-state index in [0.29, 0.717) is 46.1 Å². The molecule has 1 unspecified atom stereocenters. The van der Waals surface area contributed by atoms with E-state index < -0.39 is 11.9 Å². The Bertz CT molecular complexity index is 1480. The van der Waals surface area contributed by atoms with Gasteiger partial charge in [0.15, 0.2) is 18.1 Å². The fourth-order valence-corrected chi connectivity index (χ4v) is 4.53. The third-order valence-electron chi connectivity index (χ3n) is 6.38. The van der Waals surface area contributed by atoms with Crippen molar-refractivity contribution in [3.8, 4) is 34.8 Å². The largest absolute Gasteiger partial charge is 0.493 e. The van der Waals surface area contributed by atoms with Crippen molar-refractivity contribution in [2.75, 3.05) is 20.3 Å². The molecule has 0 aliphatic carbocycles. The first-order valence-electron chi connectivity index (χ1n) is 12.8. The van der Waals surface area contributed by atoms with E-state index in [-0.39, 0.29) is 23.8 Å². The standard InChI is InChI=1S/C31H31ClN2O6/c1-18(2)11-12-37-26-9-5-20(14-28(26)36-4)30-23-8-7-22(15-27(23)40-31(34)24(30)16-33)39-29(35)17-38-25-10-6-21(32)13-19(25)3/h5-10,13-15,18,30H,11-12,17,34H2,1-4H3. The molecule has 3 aromatic rings. The Morgan fingerprint density at radius 2 is 1.85 bits per heavy atom. The minimum Gasteiger partial charge on any atom is -0.493 e. The Kier molecular flexibility index (Phi) is 9.08. The van der Waals surface area contributed by atoms with Gasteiger partial charge in [0, 0.05) is 16.7 Å². The molecule has 1 aliphatic rings. The molecule has 0 aromatic heterocycles. The van der Waals surface area contributed by atoms with Gasteiger partial charge in [-0.25, -0.2) is 4.79 Å². The highest BCUT2D eigenvalue weighted by Crippen LogP contribution is 2.45. The molecule has 1 aliphatic heterocycles. The minimum absolute atomic E-state index is 0.0266. The molecule has 9 heteroatoms. The Morgan fingerprint density at radius 1 is 1.07 bits per heavy atom. The van der Waals surface area contributed by atoms with Crippen molar-refractivity contribution in [2.45, 2.75) is 33.1 Å². The van der Waals surface area contributed by atoms with Crippen LogP contribution < -0.4 is 29.4 Å². The molecule has 1 heterocycles. The van der Waals surface area contributed by atoms with E-state index in [1.165, 1.54) is 0 Å². The SMILES string of the molecule is COc1cc(C2C(C#N)=C(N)Oc3cc(OC(=O)COc4ccc(Cl)cc4C)ccc32)ccc1OCCC(C)C. The lowest BCUT2D eigenvalue weighted by molar-refractivity contribution is -0.136. The lowest BCUT2D eigenvalue weighted by Crippen LogP contribution is -2.22. The van der Waals surface area contributed by atoms with Crippen LogP contribution in [0, 0.1) is 24.2 Å². The average Bonchev–Trinajstić information content (AvgIpc) is 2.91. The molecule has 0 amide bonds. The van der Waals surface area contributed by atoms with Gasteiger partial charge in [0.05, 0.1) is 19.6 Å². The van der Waals surface area contributed by atoms with Crippen molar-refractivity contribution >= 4 is 17.6 Å². The van der Waals surface area contributed by atoms with E-state index in [1.54, 1.807) is 43.5 Å². The molecule has 0 saturated heterocycles. The predicted molar refractivity (Wildman–Crippen MR) is 151 cm³/mol. The number of carbonyl (C=O) groups is 1. The first-order valence-corrected chi connectivity index (χ1v) is 13.2. The van der Waals surface area contributed by atoms with Crippen LogP contribution in [0.5, 0.6) is 28.7 Å². The van der Waals surface area contributed by atoms with Gasteiger partial charge < -0.3 is 29.4 Å². The molecule has 208 valence electrons. The summed E-state index contributed by atoms with van der Waals surface area (Å²) in [7, 11) is 1.57. The summed E-state index contributed by atoms with van der Waals surface area (Å²) in [6.07, 6.45) is 0.913. The number of nitrogens with two attached hydrogens (primary N) is 1. The summed E-state index contributed by atoms with van der Waals surface area (Å²) >= 11 is 5.97. The van der Waals surface area contributed by atoms with E-state index in [0.717, 1.165) is 17.5 Å². The van der Waals surface area contributed by atoms with Gasteiger partial charge in [-0.1, -0.05) is 37.6 Å². The molecule has 0 fully saturated rings. The second-order valence-corrected chi connectivity index (χ2v) is 10.2. The maximum absolute atomic E-state index is 12.5. The Labute approximate surface area is 238 Å². The van der Waals surface area contributed by atoms with Gasteiger partial charge in [-0.3, -0.25) is 0 Å². The van der Waals surface area contributed by atoms with Gasteiger partial charge >= 0.3 is 5.97 Å². The minimum atomic E-state index is -0.597. The quantitative estimate of drug-likeness (QED) is 0.227. The van der Waals surface area contributed by atoms with Crippen molar-refractivity contribution < 1.29 is 28.5 Å². The van der Waals surface area contributed by atoms with Gasteiger partial charge in [-0.15, -0.1) is 0 Å². The summed E-state index contributed by atoms with van der Waals surface area (Å²) in [6.45, 7) is 6.37. The van der Waals surface area contributed by atoms with Crippen LogP contribution in [0.4, 0.5) is 0 Å². The van der Waals surface area contributed by atoms with Crippen LogP contribution in [0.2, 0.25) is 5.02 Å². The van der Waals surface area contributed by atoms with Gasteiger partial charge in [0.1, 0.15) is 28.9 Å². The van der Waals surface area contributed by atoms with E-state index >= 15 is 0 Å². The number of methoxy groups -OCH3 is 1. The molecule has 1 atom stereocenters. The van der Waals surface area contributed by atoms with Crippen LogP contribution in [0.3, 0.4) is 0 Å². The highest BCUT2D eigenvalue weighted by molar-refractivity contribution is 6.30. The second-order valence-electron chi connectivity index (χ2n) is 9.74. The lowest BCUT2D eigenvalue weighted by atomic mass is 9.83. The fourth-order valence-electron chi connectivity index (χ4n) is 4.30. The number of nitrogens with zero attached hydrogens (tertiary/aromatic N) is 1. The fraction of sp³-hybridized carbons (Fsp3) is 0.290. The van der Waals surface area contributed by atoms with Crippen molar-refractivity contribution in [1.82, 2.24) is 0 Å². The normalized spacial score (nSPS) is 14.2. The van der Waals surface area contributed by atoms with Crippen LogP contribution in [-0.4, -0.2) is 26.3 Å². The Morgan fingerprint density at radius 3 is 2.55 bits per heavy atom. The number of carbonyl (C=O) groups excluding carboxylic acids is 1. The summed E-state index contributed by atoms with van der Waals surface area (Å²) in [5.74, 6) is 1.69. The summed E-state index contributed by atoms with van der Waals surface area (Å²) < 4.78 is 28.3. The number of rotatable bonds is 10. The van der Waals surface area contributed by atoms with E-state index in [2.05, 4.69) is 19.9 Å². The number of esters is 1. The first kappa shape index (κ1) is 28.7. The van der Waals surface area contributed by atoms with Crippen LogP contribution in [-0.2, 0) is 4.79 Å². The Balaban J connectivity index is 1.55. The summed E-state index contributed by atoms with van der Waals surface area (Å²) in [5.41, 5.74) is 8.68. The smallest absolute Gasteiger partial charge is 0.349 e. The maximum atomic E-state index is 12.5. The topological polar surface area (TPSA) is 113 Å². The number of nitriles is 1. The molecule has 8 nitrogen and oxygen atoms in total. The molecule has 0 radical (unpaired) electrons. The third-order valence-corrected chi connectivity index (χ3v) is 6.61. The number of benzene rings is 3. The number of fused-ring (bicyclic) bond motifs is 1. The predicted octanol–water partition coefficient (Wildman–Crippen LogP) is 6.28. The molecule has 3 aromatic carbocycles. The summed E-state index contributed by atoms with van der Waals surface area (Å²) in [5, 5.41) is 10.5. The molecule has 0 spiro atoms. The molecular formula is C31H31ClN2O6. The van der Waals surface area contributed by atoms with Crippen molar-refractivity contribution in [3.05, 3.63) is 87.8 Å². The van der Waals surface area contributed by atoms with Gasteiger partial charge in [-0.05, 0) is 66.8 Å². The van der Waals surface area contributed by atoms with Crippen LogP contribution in [0.1, 0.15) is 42.9 Å². The number of aryl methyl sites for hydroxylation is 1.